The van der Waals surface area contributed by atoms with Gasteiger partial charge in [-0.2, -0.15) is 0 Å². The highest BCUT2D eigenvalue weighted by Gasteiger charge is 2.22. The first-order chi connectivity index (χ1) is 14.7. The maximum absolute atomic E-state index is 12.4. The topological polar surface area (TPSA) is 68.8 Å². The number of anilines is 1. The van der Waals surface area contributed by atoms with Crippen LogP contribution in [0.15, 0.2) is 29.3 Å². The maximum atomic E-state index is 12.4. The lowest BCUT2D eigenvalue weighted by atomic mass is 10.0. The fourth-order valence-electron chi connectivity index (χ4n) is 4.58. The minimum absolute atomic E-state index is 0.165. The molecule has 1 aliphatic carbocycles. The van der Waals surface area contributed by atoms with Gasteiger partial charge in [0.15, 0.2) is 5.96 Å². The predicted octanol–water partition coefficient (Wildman–Crippen LogP) is 3.74. The van der Waals surface area contributed by atoms with Crippen LogP contribution >= 0.6 is 0 Å². The molecule has 3 N–H and O–H groups in total. The van der Waals surface area contributed by atoms with Crippen molar-refractivity contribution in [1.29, 1.82) is 0 Å². The predicted molar refractivity (Wildman–Crippen MR) is 125 cm³/mol. The van der Waals surface area contributed by atoms with Crippen molar-refractivity contribution in [2.45, 2.75) is 70.9 Å². The summed E-state index contributed by atoms with van der Waals surface area (Å²) in [5.74, 6) is 1.17. The molecule has 0 aromatic heterocycles. The first-order valence-corrected chi connectivity index (χ1v) is 11.7. The van der Waals surface area contributed by atoms with E-state index < -0.39 is 0 Å². The molecule has 3 rings (SSSR count). The van der Waals surface area contributed by atoms with Gasteiger partial charge < -0.3 is 20.9 Å². The maximum Gasteiger partial charge on any atom is 0.227 e. The standard InChI is InChI=1S/C24H39N5O/c1-19-9-5-6-15-29(19)16-8-14-26-24(25-2)27-18-20-10-7-13-22(17-20)28-23(30)21-11-3-4-12-21/h7,10,13,17,19,21H,3-6,8-9,11-12,14-16,18H2,1-2H3,(H,28,30)(H2,25,26,27). The second kappa shape index (κ2) is 11.9. The average Bonchev–Trinajstić information content (AvgIpc) is 3.30. The zero-order valence-electron chi connectivity index (χ0n) is 18.8. The molecular formula is C24H39N5O. The van der Waals surface area contributed by atoms with Gasteiger partial charge in [-0.3, -0.25) is 9.79 Å². The molecule has 1 saturated carbocycles. The molecule has 0 bridgehead atoms. The molecule has 1 amide bonds. The summed E-state index contributed by atoms with van der Waals surface area (Å²) >= 11 is 0. The fourth-order valence-corrected chi connectivity index (χ4v) is 4.58. The van der Waals surface area contributed by atoms with Gasteiger partial charge in [0, 0.05) is 44.3 Å². The summed E-state index contributed by atoms with van der Waals surface area (Å²) in [6.45, 7) is 6.32. The van der Waals surface area contributed by atoms with Gasteiger partial charge in [-0.25, -0.2) is 0 Å². The molecule has 1 saturated heterocycles. The molecule has 1 aromatic rings. The molecule has 6 nitrogen and oxygen atoms in total. The van der Waals surface area contributed by atoms with Crippen molar-refractivity contribution >= 4 is 17.6 Å². The Bertz CT molecular complexity index is 699. The number of hydrogen-bond acceptors (Lipinski definition) is 3. The van der Waals surface area contributed by atoms with Crippen molar-refractivity contribution in [3.8, 4) is 0 Å². The summed E-state index contributed by atoms with van der Waals surface area (Å²) in [5.41, 5.74) is 2.01. The van der Waals surface area contributed by atoms with Gasteiger partial charge in [-0.15, -0.1) is 0 Å². The van der Waals surface area contributed by atoms with Crippen LogP contribution in [0.4, 0.5) is 5.69 Å². The van der Waals surface area contributed by atoms with E-state index in [1.807, 2.05) is 18.2 Å². The van der Waals surface area contributed by atoms with Crippen LogP contribution < -0.4 is 16.0 Å². The Labute approximate surface area is 181 Å². The third kappa shape index (κ3) is 7.01. The lowest BCUT2D eigenvalue weighted by Gasteiger charge is -2.33. The molecular weight excluding hydrogens is 374 g/mol. The van der Waals surface area contributed by atoms with Crippen LogP contribution in [0.2, 0.25) is 0 Å². The Morgan fingerprint density at radius 2 is 1.93 bits per heavy atom. The van der Waals surface area contributed by atoms with Gasteiger partial charge in [0.2, 0.25) is 5.91 Å². The molecule has 1 unspecified atom stereocenters. The number of piperidine rings is 1. The first kappa shape index (κ1) is 22.6. The molecule has 30 heavy (non-hydrogen) atoms. The van der Waals surface area contributed by atoms with Crippen molar-refractivity contribution in [1.82, 2.24) is 15.5 Å². The molecule has 0 spiro atoms. The van der Waals surface area contributed by atoms with E-state index in [0.717, 1.165) is 55.6 Å². The van der Waals surface area contributed by atoms with Gasteiger partial charge >= 0.3 is 0 Å². The zero-order chi connectivity index (χ0) is 21.2. The molecule has 1 aromatic carbocycles. The average molecular weight is 414 g/mol. The molecule has 2 fully saturated rings. The largest absolute Gasteiger partial charge is 0.356 e. The molecule has 166 valence electrons. The lowest BCUT2D eigenvalue weighted by molar-refractivity contribution is -0.119. The zero-order valence-corrected chi connectivity index (χ0v) is 18.8. The summed E-state index contributed by atoms with van der Waals surface area (Å²) in [6.07, 6.45) is 9.54. The minimum Gasteiger partial charge on any atom is -0.356 e. The van der Waals surface area contributed by atoms with Crippen molar-refractivity contribution in [2.75, 3.05) is 32.0 Å². The number of carbonyl (C=O) groups is 1. The second-order valence-corrected chi connectivity index (χ2v) is 8.76. The van der Waals surface area contributed by atoms with Crippen LogP contribution in [-0.2, 0) is 11.3 Å². The number of likely N-dealkylation sites (tertiary alicyclic amines) is 1. The van der Waals surface area contributed by atoms with E-state index in [4.69, 9.17) is 0 Å². The third-order valence-electron chi connectivity index (χ3n) is 6.46. The van der Waals surface area contributed by atoms with Crippen molar-refractivity contribution in [3.63, 3.8) is 0 Å². The number of amides is 1. The third-order valence-corrected chi connectivity index (χ3v) is 6.46. The van der Waals surface area contributed by atoms with Gasteiger partial charge in [-0.1, -0.05) is 31.4 Å². The summed E-state index contributed by atoms with van der Waals surface area (Å²) in [4.78, 5) is 19.3. The summed E-state index contributed by atoms with van der Waals surface area (Å²) in [6, 6.07) is 8.80. The van der Waals surface area contributed by atoms with E-state index >= 15 is 0 Å². The molecule has 6 heteroatoms. The van der Waals surface area contributed by atoms with Crippen LogP contribution in [0, 0.1) is 5.92 Å². The highest BCUT2D eigenvalue weighted by atomic mass is 16.1. The summed E-state index contributed by atoms with van der Waals surface area (Å²) in [7, 11) is 1.81. The normalized spacial score (nSPS) is 20.9. The smallest absolute Gasteiger partial charge is 0.227 e. The first-order valence-electron chi connectivity index (χ1n) is 11.7. The Hall–Kier alpha value is -2.08. The van der Waals surface area contributed by atoms with Crippen molar-refractivity contribution in [2.24, 2.45) is 10.9 Å². The minimum atomic E-state index is 0.165. The Morgan fingerprint density at radius 1 is 1.13 bits per heavy atom. The van der Waals surface area contributed by atoms with E-state index in [1.54, 1.807) is 7.05 Å². The van der Waals surface area contributed by atoms with Crippen LogP contribution in [0.25, 0.3) is 0 Å². The Kier molecular flexibility index (Phi) is 9.00. The number of hydrogen-bond donors (Lipinski definition) is 3. The van der Waals surface area contributed by atoms with Gasteiger partial charge in [0.25, 0.3) is 0 Å². The highest BCUT2D eigenvalue weighted by molar-refractivity contribution is 5.92. The molecule has 1 aliphatic heterocycles. The molecule has 1 heterocycles. The monoisotopic (exact) mass is 413 g/mol. The van der Waals surface area contributed by atoms with Crippen LogP contribution in [-0.4, -0.2) is 49.5 Å². The number of nitrogens with one attached hydrogen (secondary N) is 3. The number of aliphatic imine (C=N–C) groups is 1. The van der Waals surface area contributed by atoms with Gasteiger partial charge in [-0.05, 0) is 63.3 Å². The quantitative estimate of drug-likeness (QED) is 0.345. The number of nitrogens with zero attached hydrogens (tertiary/aromatic N) is 2. The number of guanidine groups is 1. The Morgan fingerprint density at radius 3 is 2.70 bits per heavy atom. The summed E-state index contributed by atoms with van der Waals surface area (Å²) in [5, 5.41) is 9.89. The van der Waals surface area contributed by atoms with E-state index in [1.165, 1.54) is 38.6 Å². The molecule has 0 radical (unpaired) electrons. The number of carbonyl (C=O) groups excluding carboxylic acids is 1. The lowest BCUT2D eigenvalue weighted by Crippen LogP contribution is -2.41. The van der Waals surface area contributed by atoms with E-state index in [9.17, 15) is 4.79 Å². The van der Waals surface area contributed by atoms with Crippen LogP contribution in [0.1, 0.15) is 63.9 Å². The molecule has 1 atom stereocenters. The number of benzene rings is 1. The van der Waals surface area contributed by atoms with E-state index in [2.05, 4.69) is 38.8 Å². The van der Waals surface area contributed by atoms with Crippen LogP contribution in [0.5, 0.6) is 0 Å². The highest BCUT2D eigenvalue weighted by Crippen LogP contribution is 2.26. The van der Waals surface area contributed by atoms with E-state index in [-0.39, 0.29) is 11.8 Å². The van der Waals surface area contributed by atoms with E-state index in [0.29, 0.717) is 6.54 Å². The SMILES string of the molecule is CN=C(NCCCN1CCCCC1C)NCc1cccc(NC(=O)C2CCCC2)c1. The second-order valence-electron chi connectivity index (χ2n) is 8.76. The van der Waals surface area contributed by atoms with Crippen molar-refractivity contribution < 1.29 is 4.79 Å². The fraction of sp³-hybridized carbons (Fsp3) is 0.667. The summed E-state index contributed by atoms with van der Waals surface area (Å²) < 4.78 is 0. The number of rotatable bonds is 8. The van der Waals surface area contributed by atoms with Crippen LogP contribution in [0.3, 0.4) is 0 Å². The van der Waals surface area contributed by atoms with Crippen molar-refractivity contribution in [3.05, 3.63) is 29.8 Å². The van der Waals surface area contributed by atoms with Gasteiger partial charge in [0.1, 0.15) is 0 Å². The Balaban J connectivity index is 1.38. The van der Waals surface area contributed by atoms with Gasteiger partial charge in [0.05, 0.1) is 0 Å². The molecule has 2 aliphatic rings.